The molecule has 1 heterocycles. The zero-order valence-electron chi connectivity index (χ0n) is 15.8. The zero-order chi connectivity index (χ0) is 16.4. The third-order valence-corrected chi connectivity index (χ3v) is 4.69. The van der Waals surface area contributed by atoms with Gasteiger partial charge in [0.05, 0.1) is 0 Å². The molecular formula is C17H38IN5. The number of unbranched alkanes of at least 4 members (excludes halogenated alkanes) is 1. The average molecular weight is 439 g/mol. The molecule has 2 N–H and O–H groups in total. The van der Waals surface area contributed by atoms with Gasteiger partial charge in [-0.1, -0.05) is 20.8 Å². The van der Waals surface area contributed by atoms with Crippen LogP contribution in [-0.2, 0) is 0 Å². The van der Waals surface area contributed by atoms with Gasteiger partial charge in [-0.3, -0.25) is 4.99 Å². The summed E-state index contributed by atoms with van der Waals surface area (Å²) in [5, 5.41) is 6.86. The second kappa shape index (κ2) is 13.2. The summed E-state index contributed by atoms with van der Waals surface area (Å²) in [6, 6.07) is 0.445. The molecule has 1 rings (SSSR count). The number of aliphatic imine (C=N–C) groups is 1. The fourth-order valence-electron chi connectivity index (χ4n) is 2.57. The van der Waals surface area contributed by atoms with Gasteiger partial charge in [0.1, 0.15) is 0 Å². The van der Waals surface area contributed by atoms with Gasteiger partial charge < -0.3 is 20.4 Å². The van der Waals surface area contributed by atoms with Crippen LogP contribution in [0.25, 0.3) is 0 Å². The lowest BCUT2D eigenvalue weighted by Gasteiger charge is -2.34. The van der Waals surface area contributed by atoms with Gasteiger partial charge in [0.15, 0.2) is 5.96 Å². The van der Waals surface area contributed by atoms with Gasteiger partial charge >= 0.3 is 0 Å². The van der Waals surface area contributed by atoms with Gasteiger partial charge in [-0.05, 0) is 38.8 Å². The average Bonchev–Trinajstić information content (AvgIpc) is 2.53. The van der Waals surface area contributed by atoms with Crippen LogP contribution in [0.3, 0.4) is 0 Å². The van der Waals surface area contributed by atoms with Gasteiger partial charge in [-0.2, -0.15) is 0 Å². The first-order valence-electron chi connectivity index (χ1n) is 8.98. The summed E-state index contributed by atoms with van der Waals surface area (Å²) in [6.07, 6.45) is 2.46. The SMILES string of the molecule is CCN1CCN(CCCCNC(=NC)NC(C)C(C)C)CC1.I. The Morgan fingerprint density at radius 2 is 1.65 bits per heavy atom. The van der Waals surface area contributed by atoms with E-state index < -0.39 is 0 Å². The predicted molar refractivity (Wildman–Crippen MR) is 112 cm³/mol. The van der Waals surface area contributed by atoms with Crippen molar-refractivity contribution in [1.82, 2.24) is 20.4 Å². The Kier molecular flexibility index (Phi) is 13.2. The number of nitrogens with zero attached hydrogens (tertiary/aromatic N) is 3. The van der Waals surface area contributed by atoms with Crippen LogP contribution in [-0.4, -0.2) is 74.7 Å². The first kappa shape index (κ1) is 22.9. The molecule has 0 aromatic rings. The zero-order valence-corrected chi connectivity index (χ0v) is 18.1. The van der Waals surface area contributed by atoms with Crippen LogP contribution in [0.15, 0.2) is 4.99 Å². The molecule has 1 aliphatic heterocycles. The van der Waals surface area contributed by atoms with Crippen LogP contribution >= 0.6 is 24.0 Å². The quantitative estimate of drug-likeness (QED) is 0.264. The Labute approximate surface area is 160 Å². The summed E-state index contributed by atoms with van der Waals surface area (Å²) >= 11 is 0. The summed E-state index contributed by atoms with van der Waals surface area (Å²) in [5.41, 5.74) is 0. The normalized spacial score (nSPS) is 18.6. The molecule has 0 aromatic heterocycles. The topological polar surface area (TPSA) is 42.9 Å². The van der Waals surface area contributed by atoms with E-state index in [9.17, 15) is 0 Å². The second-order valence-corrected chi connectivity index (χ2v) is 6.66. The van der Waals surface area contributed by atoms with E-state index in [2.05, 4.69) is 53.1 Å². The molecule has 6 heteroatoms. The fraction of sp³-hybridized carbons (Fsp3) is 0.941. The van der Waals surface area contributed by atoms with Gasteiger partial charge in [0.25, 0.3) is 0 Å². The van der Waals surface area contributed by atoms with Crippen molar-refractivity contribution in [3.05, 3.63) is 0 Å². The van der Waals surface area contributed by atoms with E-state index in [1.165, 1.54) is 52.1 Å². The van der Waals surface area contributed by atoms with E-state index in [0.29, 0.717) is 12.0 Å². The van der Waals surface area contributed by atoms with Crippen LogP contribution in [0, 0.1) is 5.92 Å². The van der Waals surface area contributed by atoms with E-state index >= 15 is 0 Å². The summed E-state index contributed by atoms with van der Waals surface area (Å²) < 4.78 is 0. The summed E-state index contributed by atoms with van der Waals surface area (Å²) in [5.74, 6) is 1.54. The Balaban J connectivity index is 0.00000484. The largest absolute Gasteiger partial charge is 0.356 e. The van der Waals surface area contributed by atoms with E-state index in [-0.39, 0.29) is 24.0 Å². The maximum absolute atomic E-state index is 4.29. The van der Waals surface area contributed by atoms with Crippen molar-refractivity contribution in [3.63, 3.8) is 0 Å². The Hall–Kier alpha value is -0.0800. The summed E-state index contributed by atoms with van der Waals surface area (Å²) in [6.45, 7) is 17.3. The number of hydrogen-bond acceptors (Lipinski definition) is 3. The van der Waals surface area contributed by atoms with Crippen molar-refractivity contribution in [2.45, 2.75) is 46.6 Å². The van der Waals surface area contributed by atoms with Crippen LogP contribution in [0.4, 0.5) is 0 Å². The molecule has 1 aliphatic rings. The Morgan fingerprint density at radius 3 is 2.17 bits per heavy atom. The molecule has 5 nitrogen and oxygen atoms in total. The molecule has 0 bridgehead atoms. The molecule has 1 saturated heterocycles. The van der Waals surface area contributed by atoms with Gasteiger partial charge in [0, 0.05) is 45.8 Å². The third-order valence-electron chi connectivity index (χ3n) is 4.69. The molecule has 0 radical (unpaired) electrons. The minimum atomic E-state index is 0. The third kappa shape index (κ3) is 9.72. The minimum absolute atomic E-state index is 0. The van der Waals surface area contributed by atoms with Crippen molar-refractivity contribution in [3.8, 4) is 0 Å². The van der Waals surface area contributed by atoms with Crippen LogP contribution in [0.5, 0.6) is 0 Å². The molecular weight excluding hydrogens is 401 g/mol. The molecule has 0 aliphatic carbocycles. The number of piperazine rings is 1. The molecule has 0 spiro atoms. The summed E-state index contributed by atoms with van der Waals surface area (Å²) in [4.78, 5) is 9.42. The Morgan fingerprint density at radius 1 is 1.04 bits per heavy atom. The second-order valence-electron chi connectivity index (χ2n) is 6.66. The highest BCUT2D eigenvalue weighted by Crippen LogP contribution is 2.03. The Bertz CT molecular complexity index is 314. The van der Waals surface area contributed by atoms with Crippen molar-refractivity contribution in [1.29, 1.82) is 0 Å². The summed E-state index contributed by atoms with van der Waals surface area (Å²) in [7, 11) is 1.84. The van der Waals surface area contributed by atoms with Crippen molar-refractivity contribution >= 4 is 29.9 Å². The van der Waals surface area contributed by atoms with E-state index in [4.69, 9.17) is 0 Å². The molecule has 1 unspecified atom stereocenters. The number of guanidine groups is 1. The fourth-order valence-corrected chi connectivity index (χ4v) is 2.57. The number of rotatable bonds is 8. The molecule has 138 valence electrons. The highest BCUT2D eigenvalue weighted by Gasteiger charge is 2.14. The van der Waals surface area contributed by atoms with E-state index in [1.54, 1.807) is 0 Å². The van der Waals surface area contributed by atoms with Crippen LogP contribution in [0.1, 0.15) is 40.5 Å². The predicted octanol–water partition coefficient (Wildman–Crippen LogP) is 2.23. The number of nitrogens with one attached hydrogen (secondary N) is 2. The smallest absolute Gasteiger partial charge is 0.191 e. The number of halogens is 1. The molecule has 0 amide bonds. The minimum Gasteiger partial charge on any atom is -0.356 e. The first-order valence-corrected chi connectivity index (χ1v) is 8.98. The maximum Gasteiger partial charge on any atom is 0.191 e. The van der Waals surface area contributed by atoms with Crippen molar-refractivity contribution in [2.24, 2.45) is 10.9 Å². The standard InChI is InChI=1S/C17H37N5.HI/c1-6-21-11-13-22(14-12-21)10-8-7-9-19-17(18-5)20-16(4)15(2)3;/h15-16H,6-14H2,1-5H3,(H2,18,19,20);1H. The van der Waals surface area contributed by atoms with E-state index in [0.717, 1.165) is 12.5 Å². The maximum atomic E-state index is 4.29. The highest BCUT2D eigenvalue weighted by atomic mass is 127. The monoisotopic (exact) mass is 439 g/mol. The van der Waals surface area contributed by atoms with Gasteiger partial charge in [-0.25, -0.2) is 0 Å². The lowest BCUT2D eigenvalue weighted by molar-refractivity contribution is 0.136. The molecule has 0 saturated carbocycles. The number of likely N-dealkylation sites (N-methyl/N-ethyl adjacent to an activating group) is 1. The molecule has 0 aromatic carbocycles. The van der Waals surface area contributed by atoms with Crippen molar-refractivity contribution < 1.29 is 0 Å². The van der Waals surface area contributed by atoms with Crippen LogP contribution < -0.4 is 10.6 Å². The first-order chi connectivity index (χ1) is 10.6. The lowest BCUT2D eigenvalue weighted by atomic mass is 10.1. The van der Waals surface area contributed by atoms with Crippen LogP contribution in [0.2, 0.25) is 0 Å². The molecule has 23 heavy (non-hydrogen) atoms. The molecule has 1 atom stereocenters. The van der Waals surface area contributed by atoms with Crippen molar-refractivity contribution in [2.75, 3.05) is 52.9 Å². The van der Waals surface area contributed by atoms with Gasteiger partial charge in [-0.15, -0.1) is 24.0 Å². The lowest BCUT2D eigenvalue weighted by Crippen LogP contribution is -2.46. The highest BCUT2D eigenvalue weighted by molar-refractivity contribution is 14.0. The molecule has 1 fully saturated rings. The number of hydrogen-bond donors (Lipinski definition) is 2. The van der Waals surface area contributed by atoms with Gasteiger partial charge in [0.2, 0.25) is 0 Å². The van der Waals surface area contributed by atoms with E-state index in [1.807, 2.05) is 7.05 Å².